The molecule has 0 aliphatic carbocycles. The van der Waals surface area contributed by atoms with Crippen LogP contribution in [0.25, 0.3) is 0 Å². The first-order valence-electron chi connectivity index (χ1n) is 7.16. The number of halogens is 2. The van der Waals surface area contributed by atoms with E-state index in [1.807, 2.05) is 0 Å². The van der Waals surface area contributed by atoms with Crippen molar-refractivity contribution in [2.24, 2.45) is 5.73 Å². The minimum atomic E-state index is -0.631. The summed E-state index contributed by atoms with van der Waals surface area (Å²) in [6.07, 6.45) is 1.67. The Morgan fingerprint density at radius 2 is 2.23 bits per heavy atom. The first-order valence-corrected chi connectivity index (χ1v) is 7.92. The molecule has 2 unspecified atom stereocenters. The molecule has 1 aliphatic heterocycles. The van der Waals surface area contributed by atoms with Gasteiger partial charge in [0.15, 0.2) is 0 Å². The summed E-state index contributed by atoms with van der Waals surface area (Å²) in [6, 6.07) is 4.51. The molecule has 122 valence electrons. The minimum Gasteiger partial charge on any atom is -0.489 e. The van der Waals surface area contributed by atoms with Crippen LogP contribution >= 0.6 is 23.2 Å². The largest absolute Gasteiger partial charge is 0.489 e. The molecular weight excluding hydrogens is 327 g/mol. The zero-order chi connectivity index (χ0) is 16.1. The molecule has 7 heteroatoms. The summed E-state index contributed by atoms with van der Waals surface area (Å²) >= 11 is 11.9. The van der Waals surface area contributed by atoms with Gasteiger partial charge in [-0.25, -0.2) is 0 Å². The third-order valence-corrected chi connectivity index (χ3v) is 4.29. The molecule has 1 fully saturated rings. The molecule has 0 spiro atoms. The number of ether oxygens (including phenoxy) is 2. The maximum Gasteiger partial charge on any atom is 0.242 e. The SMILES string of the molecule is COCC(N)C(=O)N1CCCC(Oc2ccc(Cl)c(Cl)c2)C1. The Bertz CT molecular complexity index is 528. The number of piperidine rings is 1. The van der Waals surface area contributed by atoms with Gasteiger partial charge >= 0.3 is 0 Å². The highest BCUT2D eigenvalue weighted by molar-refractivity contribution is 6.42. The fraction of sp³-hybridized carbons (Fsp3) is 0.533. The number of likely N-dealkylation sites (tertiary alicyclic amines) is 1. The van der Waals surface area contributed by atoms with Gasteiger partial charge in [-0.2, -0.15) is 0 Å². The Balaban J connectivity index is 1.95. The van der Waals surface area contributed by atoms with Crippen molar-refractivity contribution < 1.29 is 14.3 Å². The summed E-state index contributed by atoms with van der Waals surface area (Å²) in [5, 5.41) is 0.935. The van der Waals surface area contributed by atoms with Crippen LogP contribution in [0.5, 0.6) is 5.75 Å². The molecule has 0 aromatic heterocycles. The number of hydrogen-bond acceptors (Lipinski definition) is 4. The van der Waals surface area contributed by atoms with Crippen LogP contribution in [0.15, 0.2) is 18.2 Å². The lowest BCUT2D eigenvalue weighted by atomic mass is 10.1. The lowest BCUT2D eigenvalue weighted by Crippen LogP contribution is -2.51. The summed E-state index contributed by atoms with van der Waals surface area (Å²) in [7, 11) is 1.53. The second-order valence-corrected chi connectivity index (χ2v) is 6.12. The van der Waals surface area contributed by atoms with E-state index in [-0.39, 0.29) is 18.6 Å². The Kier molecular flexibility index (Phi) is 6.32. The smallest absolute Gasteiger partial charge is 0.242 e. The third kappa shape index (κ3) is 4.49. The molecule has 1 amide bonds. The Morgan fingerprint density at radius 1 is 1.45 bits per heavy atom. The van der Waals surface area contributed by atoms with Crippen LogP contribution in [-0.2, 0) is 9.53 Å². The number of carbonyl (C=O) groups is 1. The Hall–Kier alpha value is -1.01. The molecule has 0 bridgehead atoms. The van der Waals surface area contributed by atoms with Crippen LogP contribution in [0.1, 0.15) is 12.8 Å². The standard InChI is InChI=1S/C15H20Cl2N2O3/c1-21-9-14(18)15(20)19-6-2-3-11(8-19)22-10-4-5-12(16)13(17)7-10/h4-5,7,11,14H,2-3,6,8-9,18H2,1H3. The molecule has 5 nitrogen and oxygen atoms in total. The average Bonchev–Trinajstić information content (AvgIpc) is 2.51. The van der Waals surface area contributed by atoms with E-state index >= 15 is 0 Å². The molecule has 1 aromatic rings. The highest BCUT2D eigenvalue weighted by Gasteiger charge is 2.28. The maximum atomic E-state index is 12.2. The fourth-order valence-electron chi connectivity index (χ4n) is 2.46. The van der Waals surface area contributed by atoms with Crippen LogP contribution in [0.3, 0.4) is 0 Å². The van der Waals surface area contributed by atoms with Gasteiger partial charge in [-0.1, -0.05) is 23.2 Å². The molecule has 1 heterocycles. The van der Waals surface area contributed by atoms with E-state index in [0.717, 1.165) is 12.8 Å². The summed E-state index contributed by atoms with van der Waals surface area (Å²) < 4.78 is 10.8. The van der Waals surface area contributed by atoms with Gasteiger partial charge in [0.25, 0.3) is 0 Å². The van der Waals surface area contributed by atoms with Crippen LogP contribution in [0, 0.1) is 0 Å². The highest BCUT2D eigenvalue weighted by Crippen LogP contribution is 2.28. The predicted octanol–water partition coefficient (Wildman–Crippen LogP) is 2.34. The normalized spacial score (nSPS) is 19.8. The van der Waals surface area contributed by atoms with Crippen molar-refractivity contribution in [1.82, 2.24) is 4.90 Å². The van der Waals surface area contributed by atoms with E-state index in [1.165, 1.54) is 7.11 Å². The number of nitrogens with two attached hydrogens (primary N) is 1. The van der Waals surface area contributed by atoms with Crippen LogP contribution in [0.2, 0.25) is 10.0 Å². The van der Waals surface area contributed by atoms with Crippen molar-refractivity contribution in [2.45, 2.75) is 25.0 Å². The molecule has 2 atom stereocenters. The number of hydrogen-bond donors (Lipinski definition) is 1. The van der Waals surface area contributed by atoms with Gasteiger partial charge in [-0.05, 0) is 25.0 Å². The van der Waals surface area contributed by atoms with Crippen molar-refractivity contribution in [1.29, 1.82) is 0 Å². The van der Waals surface area contributed by atoms with Crippen molar-refractivity contribution >= 4 is 29.1 Å². The minimum absolute atomic E-state index is 0.0790. The fourth-order valence-corrected chi connectivity index (χ4v) is 2.75. The number of nitrogens with zero attached hydrogens (tertiary/aromatic N) is 1. The zero-order valence-corrected chi connectivity index (χ0v) is 13.9. The van der Waals surface area contributed by atoms with Gasteiger partial charge in [-0.3, -0.25) is 4.79 Å². The van der Waals surface area contributed by atoms with Crippen LogP contribution in [-0.4, -0.2) is 49.8 Å². The highest BCUT2D eigenvalue weighted by atomic mass is 35.5. The Morgan fingerprint density at radius 3 is 2.91 bits per heavy atom. The number of methoxy groups -OCH3 is 1. The summed E-state index contributed by atoms with van der Waals surface area (Å²) in [5.41, 5.74) is 5.80. The summed E-state index contributed by atoms with van der Waals surface area (Å²) in [6.45, 7) is 1.42. The van der Waals surface area contributed by atoms with E-state index in [0.29, 0.717) is 28.9 Å². The van der Waals surface area contributed by atoms with Crippen molar-refractivity contribution in [2.75, 3.05) is 26.8 Å². The summed E-state index contributed by atoms with van der Waals surface area (Å²) in [4.78, 5) is 13.9. The predicted molar refractivity (Wildman–Crippen MR) is 86.5 cm³/mol. The zero-order valence-electron chi connectivity index (χ0n) is 12.4. The van der Waals surface area contributed by atoms with Gasteiger partial charge in [0.2, 0.25) is 5.91 Å². The lowest BCUT2D eigenvalue weighted by Gasteiger charge is -2.34. The number of benzene rings is 1. The van der Waals surface area contributed by atoms with Gasteiger partial charge in [0.1, 0.15) is 17.9 Å². The van der Waals surface area contributed by atoms with E-state index in [1.54, 1.807) is 23.1 Å². The van der Waals surface area contributed by atoms with Crippen molar-refractivity contribution in [3.8, 4) is 5.75 Å². The van der Waals surface area contributed by atoms with Gasteiger partial charge in [0, 0.05) is 19.7 Å². The van der Waals surface area contributed by atoms with Gasteiger partial charge in [0.05, 0.1) is 23.2 Å². The molecule has 1 aliphatic rings. The molecule has 1 aromatic carbocycles. The second-order valence-electron chi connectivity index (χ2n) is 5.30. The van der Waals surface area contributed by atoms with Crippen LogP contribution < -0.4 is 10.5 Å². The van der Waals surface area contributed by atoms with Gasteiger partial charge < -0.3 is 20.1 Å². The molecule has 22 heavy (non-hydrogen) atoms. The molecule has 2 rings (SSSR count). The third-order valence-electron chi connectivity index (χ3n) is 3.55. The molecule has 0 saturated carbocycles. The maximum absolute atomic E-state index is 12.2. The first kappa shape index (κ1) is 17.3. The first-order chi connectivity index (χ1) is 10.5. The molecular formula is C15H20Cl2N2O3. The van der Waals surface area contributed by atoms with Gasteiger partial charge in [-0.15, -0.1) is 0 Å². The molecule has 1 saturated heterocycles. The monoisotopic (exact) mass is 346 g/mol. The molecule has 0 radical (unpaired) electrons. The average molecular weight is 347 g/mol. The number of rotatable bonds is 5. The van der Waals surface area contributed by atoms with E-state index in [2.05, 4.69) is 0 Å². The summed E-state index contributed by atoms with van der Waals surface area (Å²) in [5.74, 6) is 0.541. The Labute approximate surface area is 140 Å². The van der Waals surface area contributed by atoms with E-state index in [9.17, 15) is 4.79 Å². The van der Waals surface area contributed by atoms with Crippen LogP contribution in [0.4, 0.5) is 0 Å². The van der Waals surface area contributed by atoms with E-state index < -0.39 is 6.04 Å². The quantitative estimate of drug-likeness (QED) is 0.888. The second kappa shape index (κ2) is 8.02. The lowest BCUT2D eigenvalue weighted by molar-refractivity contribution is -0.136. The topological polar surface area (TPSA) is 64.8 Å². The molecule has 2 N–H and O–H groups in total. The number of amides is 1. The number of carbonyl (C=O) groups excluding carboxylic acids is 1. The van der Waals surface area contributed by atoms with Crippen molar-refractivity contribution in [3.63, 3.8) is 0 Å². The van der Waals surface area contributed by atoms with Crippen molar-refractivity contribution in [3.05, 3.63) is 28.2 Å². The van der Waals surface area contributed by atoms with E-state index in [4.69, 9.17) is 38.4 Å².